The summed E-state index contributed by atoms with van der Waals surface area (Å²) in [7, 11) is 0. The molecular weight excluding hydrogens is 274 g/mol. The van der Waals surface area contributed by atoms with Crippen LogP contribution in [0.5, 0.6) is 0 Å². The molecule has 1 amide bonds. The maximum Gasteiger partial charge on any atom is 0.327 e. The highest BCUT2D eigenvalue weighted by molar-refractivity contribution is 7.99. The van der Waals surface area contributed by atoms with Crippen LogP contribution < -0.4 is 0 Å². The minimum atomic E-state index is -0.941. The monoisotopic (exact) mass is 287 g/mol. The molecule has 102 valence electrons. The number of nitrogens with zero attached hydrogens (tertiary/aromatic N) is 1. The van der Waals surface area contributed by atoms with E-state index in [2.05, 4.69) is 0 Å². The van der Waals surface area contributed by atoms with Gasteiger partial charge in [-0.25, -0.2) is 4.79 Å². The van der Waals surface area contributed by atoms with Crippen molar-refractivity contribution in [2.75, 3.05) is 11.6 Å². The van der Waals surface area contributed by atoms with Crippen LogP contribution in [0.2, 0.25) is 0 Å². The topological polar surface area (TPSA) is 57.6 Å². The molecule has 1 aliphatic heterocycles. The molecule has 20 heavy (non-hydrogen) atoms. The van der Waals surface area contributed by atoms with Crippen molar-refractivity contribution in [2.45, 2.75) is 6.04 Å². The van der Waals surface area contributed by atoms with Gasteiger partial charge in [0.05, 0.1) is 5.88 Å². The van der Waals surface area contributed by atoms with Crippen LogP contribution in [0.1, 0.15) is 10.4 Å². The van der Waals surface area contributed by atoms with Gasteiger partial charge in [-0.05, 0) is 16.8 Å². The van der Waals surface area contributed by atoms with Gasteiger partial charge in [0.15, 0.2) is 0 Å². The van der Waals surface area contributed by atoms with E-state index in [1.165, 1.54) is 16.7 Å². The molecule has 5 heteroatoms. The number of hydrogen-bond acceptors (Lipinski definition) is 3. The number of benzene rings is 2. The molecule has 1 fully saturated rings. The minimum absolute atomic E-state index is 0.209. The third-order valence-corrected chi connectivity index (χ3v) is 4.46. The highest BCUT2D eigenvalue weighted by atomic mass is 32.2. The molecular formula is C15H13NO3S. The van der Waals surface area contributed by atoms with E-state index in [0.29, 0.717) is 17.2 Å². The maximum absolute atomic E-state index is 12.6. The predicted molar refractivity (Wildman–Crippen MR) is 78.9 cm³/mol. The molecule has 1 saturated heterocycles. The predicted octanol–water partition coefficient (Wildman–Crippen LogP) is 2.44. The Morgan fingerprint density at radius 3 is 2.70 bits per heavy atom. The Morgan fingerprint density at radius 1 is 1.15 bits per heavy atom. The van der Waals surface area contributed by atoms with Crippen molar-refractivity contribution in [3.63, 3.8) is 0 Å². The van der Waals surface area contributed by atoms with Gasteiger partial charge in [0.2, 0.25) is 0 Å². The van der Waals surface area contributed by atoms with Gasteiger partial charge in [0, 0.05) is 11.3 Å². The van der Waals surface area contributed by atoms with Crippen LogP contribution in [-0.4, -0.2) is 39.6 Å². The molecule has 1 N–H and O–H groups in total. The number of rotatable bonds is 2. The van der Waals surface area contributed by atoms with Gasteiger partial charge in [-0.3, -0.25) is 4.79 Å². The first kappa shape index (κ1) is 13.0. The lowest BCUT2D eigenvalue weighted by atomic mass is 10.0. The zero-order chi connectivity index (χ0) is 14.1. The maximum atomic E-state index is 12.6. The van der Waals surface area contributed by atoms with Crippen molar-refractivity contribution in [2.24, 2.45) is 0 Å². The zero-order valence-electron chi connectivity index (χ0n) is 10.7. The van der Waals surface area contributed by atoms with Crippen molar-refractivity contribution in [3.8, 4) is 0 Å². The number of thioether (sulfide) groups is 1. The molecule has 2 aromatic rings. The minimum Gasteiger partial charge on any atom is -0.480 e. The Bertz CT molecular complexity index is 680. The fourth-order valence-corrected chi connectivity index (χ4v) is 3.56. The van der Waals surface area contributed by atoms with E-state index < -0.39 is 12.0 Å². The second kappa shape index (κ2) is 5.17. The van der Waals surface area contributed by atoms with Gasteiger partial charge in [0.1, 0.15) is 6.04 Å². The van der Waals surface area contributed by atoms with E-state index in [9.17, 15) is 14.7 Å². The van der Waals surface area contributed by atoms with E-state index >= 15 is 0 Å². The molecule has 2 aromatic carbocycles. The third-order valence-electron chi connectivity index (χ3n) is 3.45. The van der Waals surface area contributed by atoms with Crippen molar-refractivity contribution in [3.05, 3.63) is 48.0 Å². The van der Waals surface area contributed by atoms with E-state index in [1.54, 1.807) is 6.07 Å². The highest BCUT2D eigenvalue weighted by Crippen LogP contribution is 2.26. The standard InChI is InChI=1S/C15H13NO3S/c17-14(16-9-20-8-13(16)15(18)19)12-7-3-5-10-4-1-2-6-11(10)12/h1-7,13H,8-9H2,(H,18,19)/t13-/m0/s1. The largest absolute Gasteiger partial charge is 0.480 e. The second-order valence-corrected chi connectivity index (χ2v) is 5.66. The molecule has 0 aliphatic carbocycles. The van der Waals surface area contributed by atoms with Crippen LogP contribution in [0.25, 0.3) is 10.8 Å². The summed E-state index contributed by atoms with van der Waals surface area (Å²) in [6, 6.07) is 12.4. The van der Waals surface area contributed by atoms with Gasteiger partial charge in [-0.2, -0.15) is 0 Å². The number of carbonyl (C=O) groups is 2. The summed E-state index contributed by atoms with van der Waals surface area (Å²) in [5.41, 5.74) is 0.567. The quantitative estimate of drug-likeness (QED) is 0.921. The number of carboxylic acid groups (broad SMARTS) is 1. The first-order chi connectivity index (χ1) is 9.68. The lowest BCUT2D eigenvalue weighted by molar-refractivity contribution is -0.140. The molecule has 3 rings (SSSR count). The normalized spacial score (nSPS) is 18.4. The summed E-state index contributed by atoms with van der Waals surface area (Å²) in [6.45, 7) is 0. The average Bonchev–Trinajstić information content (AvgIpc) is 2.95. The summed E-state index contributed by atoms with van der Waals surface area (Å²) in [5, 5.41) is 11.0. The summed E-state index contributed by atoms with van der Waals surface area (Å²) in [4.78, 5) is 25.3. The summed E-state index contributed by atoms with van der Waals surface area (Å²) in [5.74, 6) is -0.270. The average molecular weight is 287 g/mol. The van der Waals surface area contributed by atoms with Crippen LogP contribution in [0.4, 0.5) is 0 Å². The van der Waals surface area contributed by atoms with Crippen LogP contribution in [0.15, 0.2) is 42.5 Å². The fourth-order valence-electron chi connectivity index (χ4n) is 2.41. The van der Waals surface area contributed by atoms with Gasteiger partial charge in [-0.15, -0.1) is 11.8 Å². The van der Waals surface area contributed by atoms with Crippen LogP contribution >= 0.6 is 11.8 Å². The van der Waals surface area contributed by atoms with E-state index in [4.69, 9.17) is 0 Å². The molecule has 0 aromatic heterocycles. The van der Waals surface area contributed by atoms with E-state index in [0.717, 1.165) is 10.8 Å². The van der Waals surface area contributed by atoms with Gasteiger partial charge in [-0.1, -0.05) is 36.4 Å². The first-order valence-electron chi connectivity index (χ1n) is 6.28. The number of carbonyl (C=O) groups excluding carboxylic acids is 1. The van der Waals surface area contributed by atoms with Crippen molar-refractivity contribution < 1.29 is 14.7 Å². The molecule has 1 aliphatic rings. The summed E-state index contributed by atoms with van der Waals surface area (Å²) < 4.78 is 0. The van der Waals surface area contributed by atoms with Crippen LogP contribution in [0, 0.1) is 0 Å². The van der Waals surface area contributed by atoms with Gasteiger partial charge >= 0.3 is 5.97 Å². The molecule has 0 saturated carbocycles. The fraction of sp³-hybridized carbons (Fsp3) is 0.200. The lowest BCUT2D eigenvalue weighted by Gasteiger charge is -2.21. The van der Waals surface area contributed by atoms with E-state index in [1.807, 2.05) is 36.4 Å². The van der Waals surface area contributed by atoms with Crippen LogP contribution in [0.3, 0.4) is 0 Å². The third kappa shape index (κ3) is 2.14. The Hall–Kier alpha value is -2.01. The number of fused-ring (bicyclic) bond motifs is 1. The second-order valence-electron chi connectivity index (χ2n) is 4.66. The summed E-state index contributed by atoms with van der Waals surface area (Å²) in [6.07, 6.45) is 0. The smallest absolute Gasteiger partial charge is 0.327 e. The number of amides is 1. The highest BCUT2D eigenvalue weighted by Gasteiger charge is 2.35. The van der Waals surface area contributed by atoms with Crippen molar-refractivity contribution in [1.29, 1.82) is 0 Å². The zero-order valence-corrected chi connectivity index (χ0v) is 11.5. The molecule has 0 bridgehead atoms. The lowest BCUT2D eigenvalue weighted by Crippen LogP contribution is -2.41. The van der Waals surface area contributed by atoms with E-state index in [-0.39, 0.29) is 5.91 Å². The van der Waals surface area contributed by atoms with Gasteiger partial charge in [0.25, 0.3) is 5.91 Å². The van der Waals surface area contributed by atoms with Crippen molar-refractivity contribution in [1.82, 2.24) is 4.90 Å². The number of hydrogen-bond donors (Lipinski definition) is 1. The molecule has 1 heterocycles. The number of aliphatic carboxylic acids is 1. The Labute approximate surface area is 120 Å². The van der Waals surface area contributed by atoms with Gasteiger partial charge < -0.3 is 10.0 Å². The molecule has 1 atom stereocenters. The molecule has 0 spiro atoms. The van der Waals surface area contributed by atoms with Crippen molar-refractivity contribution >= 4 is 34.4 Å². The Balaban J connectivity index is 2.03. The Morgan fingerprint density at radius 2 is 1.90 bits per heavy atom. The molecule has 0 radical (unpaired) electrons. The SMILES string of the molecule is O=C(O)[C@@H]1CSCN1C(=O)c1cccc2ccccc12. The summed E-state index contributed by atoms with van der Waals surface area (Å²) >= 11 is 1.47. The number of carboxylic acids is 1. The van der Waals surface area contributed by atoms with Crippen LogP contribution in [-0.2, 0) is 4.79 Å². The Kier molecular flexibility index (Phi) is 3.36. The molecule has 0 unspecified atom stereocenters. The molecule has 4 nitrogen and oxygen atoms in total. The first-order valence-corrected chi connectivity index (χ1v) is 7.43.